The van der Waals surface area contributed by atoms with Gasteiger partial charge in [0.15, 0.2) is 0 Å². The van der Waals surface area contributed by atoms with Gasteiger partial charge in [-0.2, -0.15) is 0 Å². The van der Waals surface area contributed by atoms with Crippen LogP contribution < -0.4 is 23.8 Å². The van der Waals surface area contributed by atoms with Gasteiger partial charge in [0.1, 0.15) is 23.0 Å². The zero-order chi connectivity index (χ0) is 27.2. The molecule has 0 aromatic heterocycles. The Balaban J connectivity index is 1.53. The number of ether oxygens (including phenoxy) is 4. The van der Waals surface area contributed by atoms with E-state index >= 15 is 0 Å². The van der Waals surface area contributed by atoms with Gasteiger partial charge in [-0.3, -0.25) is 0 Å². The van der Waals surface area contributed by atoms with E-state index < -0.39 is 0 Å². The van der Waals surface area contributed by atoms with Crippen LogP contribution in [0.3, 0.4) is 0 Å². The lowest BCUT2D eigenvalue weighted by molar-refractivity contribution is 0.404. The molecule has 0 amide bonds. The molecule has 0 saturated heterocycles. The number of benzene rings is 5. The summed E-state index contributed by atoms with van der Waals surface area (Å²) in [6.45, 7) is 0. The molecule has 0 aliphatic rings. The zero-order valence-electron chi connectivity index (χ0n) is 22.5. The van der Waals surface area contributed by atoms with Crippen LogP contribution in [0.25, 0.3) is 22.3 Å². The SMILES string of the molecule is COc1ccc(OC)c(-c2ccc(N(c3ccccc3)c3ccc(-c4cc(OC)ccc4OC)cc3)cc2)c1. The molecule has 196 valence electrons. The number of rotatable bonds is 9. The Morgan fingerprint density at radius 1 is 0.410 bits per heavy atom. The summed E-state index contributed by atoms with van der Waals surface area (Å²) in [6.07, 6.45) is 0. The summed E-state index contributed by atoms with van der Waals surface area (Å²) in [5, 5.41) is 0. The van der Waals surface area contributed by atoms with Crippen LogP contribution in [0.15, 0.2) is 115 Å². The minimum absolute atomic E-state index is 0.786. The van der Waals surface area contributed by atoms with Crippen LogP contribution >= 0.6 is 0 Å². The van der Waals surface area contributed by atoms with Crippen molar-refractivity contribution in [3.8, 4) is 45.3 Å². The van der Waals surface area contributed by atoms with Crippen molar-refractivity contribution < 1.29 is 18.9 Å². The lowest BCUT2D eigenvalue weighted by Gasteiger charge is -2.26. The fourth-order valence-electron chi connectivity index (χ4n) is 4.68. The highest BCUT2D eigenvalue weighted by atomic mass is 16.5. The third-order valence-corrected chi connectivity index (χ3v) is 6.70. The summed E-state index contributed by atoms with van der Waals surface area (Å²) in [7, 11) is 6.70. The van der Waals surface area contributed by atoms with Crippen molar-refractivity contribution in [2.75, 3.05) is 33.3 Å². The van der Waals surface area contributed by atoms with E-state index in [1.807, 2.05) is 54.6 Å². The number of anilines is 3. The van der Waals surface area contributed by atoms with Gasteiger partial charge in [0.25, 0.3) is 0 Å². The molecular weight excluding hydrogens is 486 g/mol. The van der Waals surface area contributed by atoms with E-state index in [-0.39, 0.29) is 0 Å². The molecule has 0 unspecified atom stereocenters. The topological polar surface area (TPSA) is 40.2 Å². The predicted molar refractivity (Wildman–Crippen MR) is 158 cm³/mol. The molecule has 5 aromatic rings. The third kappa shape index (κ3) is 5.39. The molecule has 5 aromatic carbocycles. The largest absolute Gasteiger partial charge is 0.497 e. The fraction of sp³-hybridized carbons (Fsp3) is 0.118. The maximum absolute atomic E-state index is 5.61. The van der Waals surface area contributed by atoms with E-state index in [2.05, 4.69) is 65.6 Å². The lowest BCUT2D eigenvalue weighted by atomic mass is 10.0. The first kappa shape index (κ1) is 25.7. The number of para-hydroxylation sites is 1. The summed E-state index contributed by atoms with van der Waals surface area (Å²) in [5.74, 6) is 3.17. The number of methoxy groups -OCH3 is 4. The molecule has 0 aliphatic heterocycles. The monoisotopic (exact) mass is 517 g/mol. The van der Waals surface area contributed by atoms with E-state index in [0.29, 0.717) is 0 Å². The number of hydrogen-bond donors (Lipinski definition) is 0. The van der Waals surface area contributed by atoms with E-state index in [9.17, 15) is 0 Å². The van der Waals surface area contributed by atoms with Crippen molar-refractivity contribution in [1.29, 1.82) is 0 Å². The van der Waals surface area contributed by atoms with Gasteiger partial charge in [-0.25, -0.2) is 0 Å². The fourth-order valence-corrected chi connectivity index (χ4v) is 4.68. The predicted octanol–water partition coefficient (Wildman–Crippen LogP) is 8.52. The molecule has 5 rings (SSSR count). The minimum Gasteiger partial charge on any atom is -0.497 e. The van der Waals surface area contributed by atoms with Crippen molar-refractivity contribution in [2.45, 2.75) is 0 Å². The minimum atomic E-state index is 0.786. The highest BCUT2D eigenvalue weighted by molar-refractivity contribution is 5.81. The van der Waals surface area contributed by atoms with Crippen LogP contribution in [0, 0.1) is 0 Å². The number of nitrogens with zero attached hydrogens (tertiary/aromatic N) is 1. The highest BCUT2D eigenvalue weighted by Gasteiger charge is 2.15. The molecule has 0 fully saturated rings. The summed E-state index contributed by atoms with van der Waals surface area (Å²) >= 11 is 0. The summed E-state index contributed by atoms with van der Waals surface area (Å²) in [6, 6.07) is 38.9. The van der Waals surface area contributed by atoms with E-state index in [1.54, 1.807) is 28.4 Å². The van der Waals surface area contributed by atoms with Crippen molar-refractivity contribution in [2.24, 2.45) is 0 Å². The van der Waals surface area contributed by atoms with Crippen LogP contribution in [-0.2, 0) is 0 Å². The van der Waals surface area contributed by atoms with Gasteiger partial charge in [-0.15, -0.1) is 0 Å². The molecule has 5 nitrogen and oxygen atoms in total. The standard InChI is InChI=1S/C34H31NO4/c1-36-29-18-20-33(38-3)31(22-29)24-10-14-27(15-11-24)35(26-8-6-5-7-9-26)28-16-12-25(13-17-28)32-23-30(37-2)19-21-34(32)39-4/h5-23H,1-4H3. The first-order chi connectivity index (χ1) is 19.1. The molecule has 0 bridgehead atoms. The molecule has 0 radical (unpaired) electrons. The Morgan fingerprint density at radius 3 is 1.21 bits per heavy atom. The molecule has 0 aliphatic carbocycles. The van der Waals surface area contributed by atoms with Gasteiger partial charge < -0.3 is 23.8 Å². The van der Waals surface area contributed by atoms with Crippen LogP contribution in [0.5, 0.6) is 23.0 Å². The molecule has 0 saturated carbocycles. The Labute approximate surface area is 229 Å². The average Bonchev–Trinajstić information content (AvgIpc) is 3.01. The zero-order valence-corrected chi connectivity index (χ0v) is 22.5. The van der Waals surface area contributed by atoms with E-state index in [0.717, 1.165) is 62.3 Å². The molecule has 0 atom stereocenters. The summed E-state index contributed by atoms with van der Waals surface area (Å²) in [5.41, 5.74) is 7.19. The molecular formula is C34H31NO4. The van der Waals surface area contributed by atoms with Gasteiger partial charge in [-0.05, 0) is 83.9 Å². The van der Waals surface area contributed by atoms with Crippen molar-refractivity contribution >= 4 is 17.1 Å². The molecule has 0 spiro atoms. The quantitative estimate of drug-likeness (QED) is 0.196. The van der Waals surface area contributed by atoms with Gasteiger partial charge >= 0.3 is 0 Å². The Hall–Kier alpha value is -4.90. The molecule has 5 heteroatoms. The Morgan fingerprint density at radius 2 is 0.821 bits per heavy atom. The van der Waals surface area contributed by atoms with Crippen LogP contribution in [-0.4, -0.2) is 28.4 Å². The van der Waals surface area contributed by atoms with Crippen molar-refractivity contribution in [1.82, 2.24) is 0 Å². The Kier molecular flexibility index (Phi) is 7.69. The summed E-state index contributed by atoms with van der Waals surface area (Å²) < 4.78 is 22.1. The second-order valence-electron chi connectivity index (χ2n) is 8.90. The first-order valence-electron chi connectivity index (χ1n) is 12.6. The van der Waals surface area contributed by atoms with Crippen LogP contribution in [0.1, 0.15) is 0 Å². The van der Waals surface area contributed by atoms with E-state index in [1.165, 1.54) is 0 Å². The number of hydrogen-bond acceptors (Lipinski definition) is 5. The maximum atomic E-state index is 5.61. The second-order valence-corrected chi connectivity index (χ2v) is 8.90. The van der Waals surface area contributed by atoms with Crippen LogP contribution in [0.4, 0.5) is 17.1 Å². The molecule has 39 heavy (non-hydrogen) atoms. The van der Waals surface area contributed by atoms with Gasteiger partial charge in [0.05, 0.1) is 28.4 Å². The molecule has 0 heterocycles. The van der Waals surface area contributed by atoms with Gasteiger partial charge in [0.2, 0.25) is 0 Å². The second kappa shape index (κ2) is 11.7. The highest BCUT2D eigenvalue weighted by Crippen LogP contribution is 2.40. The van der Waals surface area contributed by atoms with Gasteiger partial charge in [-0.1, -0.05) is 42.5 Å². The third-order valence-electron chi connectivity index (χ3n) is 6.70. The van der Waals surface area contributed by atoms with Crippen molar-refractivity contribution in [3.63, 3.8) is 0 Å². The van der Waals surface area contributed by atoms with Crippen LogP contribution in [0.2, 0.25) is 0 Å². The van der Waals surface area contributed by atoms with Gasteiger partial charge in [0, 0.05) is 28.2 Å². The average molecular weight is 518 g/mol. The maximum Gasteiger partial charge on any atom is 0.126 e. The smallest absolute Gasteiger partial charge is 0.126 e. The Bertz CT molecular complexity index is 1430. The van der Waals surface area contributed by atoms with Crippen molar-refractivity contribution in [3.05, 3.63) is 115 Å². The lowest BCUT2D eigenvalue weighted by Crippen LogP contribution is -2.09. The first-order valence-corrected chi connectivity index (χ1v) is 12.6. The van der Waals surface area contributed by atoms with E-state index in [4.69, 9.17) is 18.9 Å². The normalized spacial score (nSPS) is 10.6. The molecule has 0 N–H and O–H groups in total. The summed E-state index contributed by atoms with van der Waals surface area (Å²) in [4.78, 5) is 2.24.